The molecule has 0 aliphatic heterocycles. The zero-order chi connectivity index (χ0) is 17.8. The lowest BCUT2D eigenvalue weighted by molar-refractivity contribution is 0.0980. The highest BCUT2D eigenvalue weighted by Gasteiger charge is 2.12. The van der Waals surface area contributed by atoms with E-state index >= 15 is 0 Å². The number of benzene rings is 3. The molecule has 0 atom stereocenters. The minimum Gasteiger partial charge on any atom is -0.457 e. The van der Waals surface area contributed by atoms with Crippen molar-refractivity contribution < 1.29 is 14.3 Å². The quantitative estimate of drug-likeness (QED) is 0.576. The maximum Gasteiger partial charge on any atom is 0.160 e. The summed E-state index contributed by atoms with van der Waals surface area (Å²) in [7, 11) is 0. The molecule has 0 N–H and O–H groups in total. The van der Waals surface area contributed by atoms with Crippen molar-refractivity contribution in [3.63, 3.8) is 0 Å². The summed E-state index contributed by atoms with van der Waals surface area (Å²) in [4.78, 5) is 23.4. The summed E-state index contributed by atoms with van der Waals surface area (Å²) >= 11 is 0. The summed E-state index contributed by atoms with van der Waals surface area (Å²) in [5, 5.41) is 0. The lowest BCUT2D eigenvalue weighted by atomic mass is 10.0. The first-order valence-electron chi connectivity index (χ1n) is 8.04. The van der Waals surface area contributed by atoms with Crippen LogP contribution in [0.2, 0.25) is 0 Å². The second kappa shape index (κ2) is 7.14. The first-order valence-corrected chi connectivity index (χ1v) is 8.04. The molecule has 3 aromatic carbocycles. The van der Waals surface area contributed by atoms with Crippen LogP contribution in [0.15, 0.2) is 72.8 Å². The van der Waals surface area contributed by atoms with Crippen LogP contribution in [0.4, 0.5) is 0 Å². The lowest BCUT2D eigenvalue weighted by Crippen LogP contribution is -2.04. The van der Waals surface area contributed by atoms with Crippen molar-refractivity contribution in [1.82, 2.24) is 0 Å². The second-order valence-electron chi connectivity index (χ2n) is 5.81. The Morgan fingerprint density at radius 2 is 1.20 bits per heavy atom. The predicted octanol–water partition coefficient (Wildman–Crippen LogP) is 5.55. The van der Waals surface area contributed by atoms with Crippen molar-refractivity contribution in [2.24, 2.45) is 0 Å². The summed E-state index contributed by atoms with van der Waals surface area (Å²) in [6.07, 6.45) is 0. The zero-order valence-electron chi connectivity index (χ0n) is 14.2. The predicted molar refractivity (Wildman–Crippen MR) is 98.4 cm³/mol. The third-order valence-corrected chi connectivity index (χ3v) is 3.95. The van der Waals surface area contributed by atoms with Crippen molar-refractivity contribution >= 4 is 11.6 Å². The molecule has 0 heterocycles. The molecular formula is C22H18O3. The lowest BCUT2D eigenvalue weighted by Gasteiger charge is -2.10. The monoisotopic (exact) mass is 330 g/mol. The van der Waals surface area contributed by atoms with Gasteiger partial charge in [0.2, 0.25) is 0 Å². The number of ketones is 2. The van der Waals surface area contributed by atoms with Crippen LogP contribution < -0.4 is 4.74 Å². The number of hydrogen-bond acceptors (Lipinski definition) is 3. The largest absolute Gasteiger partial charge is 0.457 e. The highest BCUT2D eigenvalue weighted by atomic mass is 16.5. The van der Waals surface area contributed by atoms with Crippen LogP contribution in [0.25, 0.3) is 11.1 Å². The maximum atomic E-state index is 11.8. The second-order valence-corrected chi connectivity index (χ2v) is 5.81. The molecule has 0 radical (unpaired) electrons. The standard InChI is InChI=1S/C22H18O3/c1-15(23)21-13-12-20(14-22(21)16(2)24)25-19-10-8-18(9-11-19)17-6-4-3-5-7-17/h3-14H,1-2H3. The molecule has 0 fully saturated rings. The number of rotatable bonds is 5. The van der Waals surface area contributed by atoms with E-state index in [0.717, 1.165) is 11.1 Å². The minimum atomic E-state index is -0.157. The molecule has 0 saturated heterocycles. The van der Waals surface area contributed by atoms with Gasteiger partial charge in [0.25, 0.3) is 0 Å². The van der Waals surface area contributed by atoms with Gasteiger partial charge in [0, 0.05) is 11.1 Å². The highest BCUT2D eigenvalue weighted by Crippen LogP contribution is 2.27. The van der Waals surface area contributed by atoms with E-state index in [2.05, 4.69) is 12.1 Å². The Hall–Kier alpha value is -3.20. The van der Waals surface area contributed by atoms with Gasteiger partial charge < -0.3 is 4.74 Å². The summed E-state index contributed by atoms with van der Waals surface area (Å²) in [6.45, 7) is 2.89. The normalized spacial score (nSPS) is 10.3. The molecule has 3 nitrogen and oxygen atoms in total. The van der Waals surface area contributed by atoms with E-state index in [1.807, 2.05) is 42.5 Å². The van der Waals surface area contributed by atoms with E-state index in [-0.39, 0.29) is 11.6 Å². The van der Waals surface area contributed by atoms with Crippen LogP contribution in [-0.2, 0) is 0 Å². The summed E-state index contributed by atoms with van der Waals surface area (Å²) < 4.78 is 5.83. The van der Waals surface area contributed by atoms with Gasteiger partial charge in [-0.05, 0) is 55.3 Å². The van der Waals surface area contributed by atoms with Gasteiger partial charge in [0.15, 0.2) is 11.6 Å². The Morgan fingerprint density at radius 1 is 0.640 bits per heavy atom. The van der Waals surface area contributed by atoms with E-state index in [4.69, 9.17) is 4.74 Å². The third-order valence-electron chi connectivity index (χ3n) is 3.95. The van der Waals surface area contributed by atoms with Gasteiger partial charge in [-0.2, -0.15) is 0 Å². The molecular weight excluding hydrogens is 312 g/mol. The Bertz CT molecular complexity index is 910. The molecule has 0 aliphatic rings. The third kappa shape index (κ3) is 3.83. The van der Waals surface area contributed by atoms with Crippen molar-refractivity contribution in [2.75, 3.05) is 0 Å². The van der Waals surface area contributed by atoms with Gasteiger partial charge in [-0.25, -0.2) is 0 Å². The van der Waals surface area contributed by atoms with Crippen molar-refractivity contribution in [3.8, 4) is 22.6 Å². The SMILES string of the molecule is CC(=O)c1ccc(Oc2ccc(-c3ccccc3)cc2)cc1C(C)=O. The first-order chi connectivity index (χ1) is 12.0. The van der Waals surface area contributed by atoms with Crippen LogP contribution in [0.5, 0.6) is 11.5 Å². The van der Waals surface area contributed by atoms with Gasteiger partial charge in [0.1, 0.15) is 11.5 Å². The molecule has 0 amide bonds. The number of carbonyl (C=O) groups excluding carboxylic acids is 2. The molecule has 3 aromatic rings. The van der Waals surface area contributed by atoms with Gasteiger partial charge in [0.05, 0.1) is 0 Å². The molecule has 3 rings (SSSR count). The van der Waals surface area contributed by atoms with E-state index in [1.165, 1.54) is 13.8 Å². The Labute approximate surface area is 146 Å². The van der Waals surface area contributed by atoms with E-state index < -0.39 is 0 Å². The maximum absolute atomic E-state index is 11.8. The Balaban J connectivity index is 1.84. The van der Waals surface area contributed by atoms with Crippen LogP contribution >= 0.6 is 0 Å². The number of Topliss-reactive ketones (excluding diaryl/α,β-unsaturated/α-hetero) is 2. The smallest absolute Gasteiger partial charge is 0.160 e. The van der Waals surface area contributed by atoms with Crippen molar-refractivity contribution in [2.45, 2.75) is 13.8 Å². The number of hydrogen-bond donors (Lipinski definition) is 0. The molecule has 124 valence electrons. The molecule has 0 aromatic heterocycles. The van der Waals surface area contributed by atoms with Gasteiger partial charge >= 0.3 is 0 Å². The molecule has 0 aliphatic carbocycles. The summed E-state index contributed by atoms with van der Waals surface area (Å²) in [6, 6.07) is 22.8. The molecule has 0 bridgehead atoms. The van der Waals surface area contributed by atoms with Crippen molar-refractivity contribution in [1.29, 1.82) is 0 Å². The highest BCUT2D eigenvalue weighted by molar-refractivity contribution is 6.07. The van der Waals surface area contributed by atoms with Crippen LogP contribution in [-0.4, -0.2) is 11.6 Å². The Kier molecular flexibility index (Phi) is 4.75. The summed E-state index contributed by atoms with van der Waals surface area (Å²) in [5.41, 5.74) is 3.04. The topological polar surface area (TPSA) is 43.4 Å². The molecule has 0 saturated carbocycles. The van der Waals surface area contributed by atoms with Crippen LogP contribution in [0.1, 0.15) is 34.6 Å². The van der Waals surface area contributed by atoms with E-state index in [1.54, 1.807) is 18.2 Å². The average Bonchev–Trinajstić information content (AvgIpc) is 2.63. The number of ether oxygens (including phenoxy) is 1. The number of carbonyl (C=O) groups is 2. The zero-order valence-corrected chi connectivity index (χ0v) is 14.2. The van der Waals surface area contributed by atoms with Crippen LogP contribution in [0.3, 0.4) is 0 Å². The van der Waals surface area contributed by atoms with Crippen LogP contribution in [0, 0.1) is 0 Å². The fourth-order valence-electron chi connectivity index (χ4n) is 2.67. The first kappa shape index (κ1) is 16.7. The fraction of sp³-hybridized carbons (Fsp3) is 0.0909. The Morgan fingerprint density at radius 3 is 1.80 bits per heavy atom. The van der Waals surface area contributed by atoms with Gasteiger partial charge in [-0.15, -0.1) is 0 Å². The van der Waals surface area contributed by atoms with Crippen molar-refractivity contribution in [3.05, 3.63) is 83.9 Å². The minimum absolute atomic E-state index is 0.135. The van der Waals surface area contributed by atoms with E-state index in [0.29, 0.717) is 22.6 Å². The van der Waals surface area contributed by atoms with Gasteiger partial charge in [-0.1, -0.05) is 42.5 Å². The van der Waals surface area contributed by atoms with Gasteiger partial charge in [-0.3, -0.25) is 9.59 Å². The molecule has 0 unspecified atom stereocenters. The average molecular weight is 330 g/mol. The summed E-state index contributed by atoms with van der Waals surface area (Å²) in [5.74, 6) is 0.909. The molecule has 25 heavy (non-hydrogen) atoms. The molecule has 0 spiro atoms. The van der Waals surface area contributed by atoms with E-state index in [9.17, 15) is 9.59 Å². The fourth-order valence-corrected chi connectivity index (χ4v) is 2.67. The molecule has 3 heteroatoms.